The number of benzene rings is 1. The molecule has 8 heteroatoms. The van der Waals surface area contributed by atoms with Gasteiger partial charge in [-0.2, -0.15) is 0 Å². The van der Waals surface area contributed by atoms with Gasteiger partial charge in [0, 0.05) is 17.6 Å². The molecule has 2 fully saturated rings. The molecule has 5 atom stereocenters. The summed E-state index contributed by atoms with van der Waals surface area (Å²) in [5.41, 5.74) is 9.41. The van der Waals surface area contributed by atoms with Gasteiger partial charge in [0.2, 0.25) is 0 Å². The maximum atomic E-state index is 12.5. The Bertz CT molecular complexity index is 589. The fourth-order valence-corrected chi connectivity index (χ4v) is 2.58. The lowest BCUT2D eigenvalue weighted by atomic mass is 9.98. The van der Waals surface area contributed by atoms with Crippen LogP contribution >= 0.6 is 0 Å². The van der Waals surface area contributed by atoms with Crippen LogP contribution in [0, 0.1) is 0 Å². The summed E-state index contributed by atoms with van der Waals surface area (Å²) in [5, 5.41) is 3.47. The number of hydrogen-bond donors (Lipinski definition) is 0. The van der Waals surface area contributed by atoms with Gasteiger partial charge in [-0.05, 0) is 5.53 Å². The van der Waals surface area contributed by atoms with E-state index < -0.39 is 30.8 Å². The highest BCUT2D eigenvalue weighted by atomic mass is 16.7. The van der Waals surface area contributed by atoms with Gasteiger partial charge in [-0.15, -0.1) is 0 Å². The zero-order chi connectivity index (χ0) is 15.5. The SMILES string of the molecule is CO[C@@H]1O[C@H]2CO[C@H](c3ccccc3)O[C@H]2C(=O)[C@@H]1N=[N+]=[N-]. The molecule has 1 aromatic carbocycles. The zero-order valence-electron chi connectivity index (χ0n) is 11.9. The molecule has 0 radical (unpaired) electrons. The second kappa shape index (κ2) is 6.43. The fourth-order valence-electron chi connectivity index (χ4n) is 2.58. The molecule has 0 unspecified atom stereocenters. The Morgan fingerprint density at radius 3 is 2.77 bits per heavy atom. The van der Waals surface area contributed by atoms with Crippen molar-refractivity contribution < 1.29 is 23.7 Å². The summed E-state index contributed by atoms with van der Waals surface area (Å²) in [5.74, 6) is -0.356. The van der Waals surface area contributed by atoms with Crippen LogP contribution in [0.3, 0.4) is 0 Å². The second-order valence-electron chi connectivity index (χ2n) is 4.96. The molecule has 0 spiro atoms. The molecule has 0 saturated carbocycles. The van der Waals surface area contributed by atoms with Crippen molar-refractivity contribution >= 4 is 5.78 Å². The average Bonchev–Trinajstić information content (AvgIpc) is 2.58. The van der Waals surface area contributed by atoms with E-state index in [1.807, 2.05) is 30.3 Å². The molecule has 2 aliphatic rings. The van der Waals surface area contributed by atoms with E-state index in [1.165, 1.54) is 7.11 Å². The summed E-state index contributed by atoms with van der Waals surface area (Å²) < 4.78 is 22.0. The fraction of sp³-hybridized carbons (Fsp3) is 0.500. The molecule has 2 heterocycles. The van der Waals surface area contributed by atoms with Crippen LogP contribution < -0.4 is 0 Å². The molecular weight excluding hydrogens is 290 g/mol. The van der Waals surface area contributed by atoms with Crippen molar-refractivity contribution in [3.8, 4) is 0 Å². The highest BCUT2D eigenvalue weighted by Crippen LogP contribution is 2.33. The number of carbonyl (C=O) groups is 1. The molecule has 3 rings (SSSR count). The Hall–Kier alpha value is -1.96. The minimum atomic E-state index is -1.06. The lowest BCUT2D eigenvalue weighted by Crippen LogP contribution is -2.59. The number of azide groups is 1. The predicted octanol–water partition coefficient (Wildman–Crippen LogP) is 1.72. The minimum Gasteiger partial charge on any atom is -0.355 e. The maximum Gasteiger partial charge on any atom is 0.184 e. The monoisotopic (exact) mass is 305 g/mol. The van der Waals surface area contributed by atoms with Gasteiger partial charge in [-0.1, -0.05) is 35.4 Å². The van der Waals surface area contributed by atoms with E-state index in [0.717, 1.165) is 5.56 Å². The van der Waals surface area contributed by atoms with Gasteiger partial charge in [0.15, 0.2) is 18.4 Å². The highest BCUT2D eigenvalue weighted by molar-refractivity contribution is 5.90. The lowest BCUT2D eigenvalue weighted by Gasteiger charge is -2.42. The first-order valence-electron chi connectivity index (χ1n) is 6.83. The van der Waals surface area contributed by atoms with E-state index in [2.05, 4.69) is 10.0 Å². The van der Waals surface area contributed by atoms with Crippen LogP contribution in [0.2, 0.25) is 0 Å². The highest BCUT2D eigenvalue weighted by Gasteiger charge is 2.49. The number of ether oxygens (including phenoxy) is 4. The van der Waals surface area contributed by atoms with Crippen LogP contribution in [0.25, 0.3) is 10.4 Å². The van der Waals surface area contributed by atoms with Crippen LogP contribution in [-0.4, -0.2) is 44.0 Å². The number of Topliss-reactive ketones (excluding diaryl/α,β-unsaturated/α-hetero) is 1. The summed E-state index contributed by atoms with van der Waals surface area (Å²) in [6, 6.07) is 8.23. The topological polar surface area (TPSA) is 103 Å². The Kier molecular flexibility index (Phi) is 4.37. The van der Waals surface area contributed by atoms with Crippen molar-refractivity contribution in [2.75, 3.05) is 13.7 Å². The van der Waals surface area contributed by atoms with Crippen LogP contribution in [-0.2, 0) is 23.7 Å². The van der Waals surface area contributed by atoms with Crippen LogP contribution in [0.5, 0.6) is 0 Å². The van der Waals surface area contributed by atoms with Gasteiger partial charge < -0.3 is 18.9 Å². The maximum absolute atomic E-state index is 12.5. The van der Waals surface area contributed by atoms with Gasteiger partial charge in [0.05, 0.1) is 6.61 Å². The van der Waals surface area contributed by atoms with Crippen LogP contribution in [0.4, 0.5) is 0 Å². The van der Waals surface area contributed by atoms with Gasteiger partial charge in [-0.3, -0.25) is 4.79 Å². The normalized spacial score (nSPS) is 34.6. The minimum absolute atomic E-state index is 0.193. The second-order valence-corrected chi connectivity index (χ2v) is 4.96. The first kappa shape index (κ1) is 15.0. The van der Waals surface area contributed by atoms with E-state index in [9.17, 15) is 4.79 Å². The quantitative estimate of drug-likeness (QED) is 0.480. The van der Waals surface area contributed by atoms with E-state index in [4.69, 9.17) is 24.5 Å². The van der Waals surface area contributed by atoms with Crippen LogP contribution in [0.15, 0.2) is 35.4 Å². The molecule has 22 heavy (non-hydrogen) atoms. The van der Waals surface area contributed by atoms with E-state index in [0.29, 0.717) is 0 Å². The zero-order valence-corrected chi connectivity index (χ0v) is 11.9. The number of nitrogens with zero attached hydrogens (tertiary/aromatic N) is 3. The van der Waals surface area contributed by atoms with Crippen molar-refractivity contribution in [3.63, 3.8) is 0 Å². The molecular formula is C14H15N3O5. The molecule has 0 aliphatic carbocycles. The number of rotatable bonds is 3. The van der Waals surface area contributed by atoms with Gasteiger partial charge in [-0.25, -0.2) is 0 Å². The van der Waals surface area contributed by atoms with Crippen molar-refractivity contribution in [1.82, 2.24) is 0 Å². The molecule has 2 saturated heterocycles. The summed E-state index contributed by atoms with van der Waals surface area (Å²) in [7, 11) is 1.38. The molecule has 0 N–H and O–H groups in total. The predicted molar refractivity (Wildman–Crippen MR) is 73.6 cm³/mol. The third-order valence-corrected chi connectivity index (χ3v) is 3.64. The molecule has 0 aromatic heterocycles. The van der Waals surface area contributed by atoms with Crippen molar-refractivity contribution in [1.29, 1.82) is 0 Å². The Balaban J connectivity index is 1.80. The summed E-state index contributed by atoms with van der Waals surface area (Å²) >= 11 is 0. The third kappa shape index (κ3) is 2.70. The number of hydrogen-bond acceptors (Lipinski definition) is 6. The largest absolute Gasteiger partial charge is 0.355 e. The summed E-state index contributed by atoms with van der Waals surface area (Å²) in [6.07, 6.45) is -3.01. The average molecular weight is 305 g/mol. The molecule has 1 aromatic rings. The molecule has 2 aliphatic heterocycles. The Labute approximate surface area is 126 Å². The van der Waals surface area contributed by atoms with Gasteiger partial charge in [0.1, 0.15) is 18.2 Å². The summed E-state index contributed by atoms with van der Waals surface area (Å²) in [6.45, 7) is 0.193. The Morgan fingerprint density at radius 2 is 2.09 bits per heavy atom. The van der Waals surface area contributed by atoms with Gasteiger partial charge in [0.25, 0.3) is 0 Å². The molecule has 116 valence electrons. The molecule has 0 bridgehead atoms. The first-order chi connectivity index (χ1) is 10.7. The number of carbonyl (C=O) groups excluding carboxylic acids is 1. The van der Waals surface area contributed by atoms with Crippen molar-refractivity contribution in [2.24, 2.45) is 5.11 Å². The van der Waals surface area contributed by atoms with E-state index >= 15 is 0 Å². The van der Waals surface area contributed by atoms with Crippen LogP contribution in [0.1, 0.15) is 11.9 Å². The Morgan fingerprint density at radius 1 is 1.32 bits per heavy atom. The first-order valence-corrected chi connectivity index (χ1v) is 6.83. The number of fused-ring (bicyclic) bond motifs is 1. The summed E-state index contributed by atoms with van der Waals surface area (Å²) in [4.78, 5) is 15.2. The van der Waals surface area contributed by atoms with Crippen molar-refractivity contribution in [3.05, 3.63) is 46.3 Å². The molecule has 0 amide bonds. The molecule has 8 nitrogen and oxygen atoms in total. The van der Waals surface area contributed by atoms with Gasteiger partial charge >= 0.3 is 0 Å². The number of ketones is 1. The van der Waals surface area contributed by atoms with E-state index in [1.54, 1.807) is 0 Å². The third-order valence-electron chi connectivity index (χ3n) is 3.64. The number of methoxy groups -OCH3 is 1. The smallest absolute Gasteiger partial charge is 0.184 e. The standard InChI is InChI=1S/C14H15N3O5/c1-19-14-10(16-17-15)11(18)12-9(21-14)7-20-13(22-12)8-5-3-2-4-6-8/h2-6,9-10,12-14H,7H2,1H3/t9-,10-,12+,13-,14+/m0/s1. The van der Waals surface area contributed by atoms with E-state index in [-0.39, 0.29) is 12.4 Å². The lowest BCUT2D eigenvalue weighted by molar-refractivity contribution is -0.301. The van der Waals surface area contributed by atoms with Crippen molar-refractivity contribution in [2.45, 2.75) is 30.8 Å².